The second kappa shape index (κ2) is 5.51. The molecule has 0 aromatic carbocycles. The Bertz CT molecular complexity index is 470. The molecule has 4 nitrogen and oxygen atoms in total. The molecule has 0 aliphatic carbocycles. The number of rotatable bonds is 4. The largest absolute Gasteiger partial charge is 0.466 e. The highest BCUT2D eigenvalue weighted by molar-refractivity contribution is 5.72. The van der Waals surface area contributed by atoms with Crippen LogP contribution in [0.15, 0.2) is 10.9 Å². The monoisotopic (exact) mass is 249 g/mol. The van der Waals surface area contributed by atoms with Gasteiger partial charge in [0.1, 0.15) is 0 Å². The van der Waals surface area contributed by atoms with E-state index >= 15 is 0 Å². The number of pyridine rings is 1. The minimum atomic E-state index is -2.98. The molecular formula is C10H10F3NO3. The predicted octanol–water partition coefficient (Wildman–Crippen LogP) is 1.56. The summed E-state index contributed by atoms with van der Waals surface area (Å²) < 4.78 is 42.2. The summed E-state index contributed by atoms with van der Waals surface area (Å²) in [4.78, 5) is 24.1. The van der Waals surface area contributed by atoms with Crippen LogP contribution in [0.5, 0.6) is 0 Å². The normalized spacial score (nSPS) is 10.6. The third kappa shape index (κ3) is 3.33. The Balaban J connectivity index is 3.02. The van der Waals surface area contributed by atoms with Crippen LogP contribution in [0.25, 0.3) is 0 Å². The molecule has 1 aromatic heterocycles. The number of nitrogens with one attached hydrogen (secondary N) is 1. The molecule has 17 heavy (non-hydrogen) atoms. The van der Waals surface area contributed by atoms with Gasteiger partial charge in [-0.2, -0.15) is 4.39 Å². The van der Waals surface area contributed by atoms with Gasteiger partial charge in [0.25, 0.3) is 6.43 Å². The quantitative estimate of drug-likeness (QED) is 0.650. The summed E-state index contributed by atoms with van der Waals surface area (Å²) in [5.41, 5.74) is -2.28. The van der Waals surface area contributed by atoms with Crippen LogP contribution in [0, 0.1) is 5.95 Å². The fourth-order valence-electron chi connectivity index (χ4n) is 1.21. The number of alkyl halides is 2. The third-order valence-corrected chi connectivity index (χ3v) is 1.96. The average molecular weight is 249 g/mol. The van der Waals surface area contributed by atoms with E-state index in [1.54, 1.807) is 11.9 Å². The molecule has 0 atom stereocenters. The van der Waals surface area contributed by atoms with Crippen LogP contribution >= 0.6 is 0 Å². The molecule has 94 valence electrons. The van der Waals surface area contributed by atoms with Crippen molar-refractivity contribution in [1.82, 2.24) is 4.98 Å². The van der Waals surface area contributed by atoms with Crippen molar-refractivity contribution in [2.45, 2.75) is 19.8 Å². The van der Waals surface area contributed by atoms with Gasteiger partial charge in [-0.3, -0.25) is 9.59 Å². The number of esters is 1. The van der Waals surface area contributed by atoms with E-state index in [2.05, 4.69) is 4.74 Å². The summed E-state index contributed by atoms with van der Waals surface area (Å²) in [6, 6.07) is 0.572. The molecule has 0 saturated carbocycles. The standard InChI is InChI=1S/C10H10F3NO3/c1-2-17-8(16)3-5-7(15)4-6(9(11)12)14-10(5)13/h4,9H,2-3H2,1H3,(H,14,15). The van der Waals surface area contributed by atoms with Crippen molar-refractivity contribution in [3.63, 3.8) is 0 Å². The Morgan fingerprint density at radius 1 is 1.53 bits per heavy atom. The number of carbonyl (C=O) groups is 1. The van der Waals surface area contributed by atoms with E-state index in [0.29, 0.717) is 6.07 Å². The molecule has 0 amide bonds. The molecule has 7 heteroatoms. The highest BCUT2D eigenvalue weighted by Crippen LogP contribution is 2.15. The summed E-state index contributed by atoms with van der Waals surface area (Å²) in [7, 11) is 0. The predicted molar refractivity (Wildman–Crippen MR) is 52.3 cm³/mol. The highest BCUT2D eigenvalue weighted by atomic mass is 19.3. The molecule has 0 spiro atoms. The van der Waals surface area contributed by atoms with Crippen LogP contribution in [-0.4, -0.2) is 17.6 Å². The van der Waals surface area contributed by atoms with Gasteiger partial charge in [-0.1, -0.05) is 0 Å². The zero-order valence-electron chi connectivity index (χ0n) is 8.93. The molecule has 0 saturated heterocycles. The molecule has 1 aromatic rings. The fraction of sp³-hybridized carbons (Fsp3) is 0.400. The molecule has 0 aliphatic heterocycles. The van der Waals surface area contributed by atoms with Crippen molar-refractivity contribution in [2.75, 3.05) is 6.61 Å². The first-order valence-corrected chi connectivity index (χ1v) is 4.81. The molecule has 1 N–H and O–H groups in total. The minimum Gasteiger partial charge on any atom is -0.466 e. The number of halogens is 3. The van der Waals surface area contributed by atoms with Crippen LogP contribution in [0.2, 0.25) is 0 Å². The van der Waals surface area contributed by atoms with Crippen molar-refractivity contribution >= 4 is 5.97 Å². The number of H-pyrrole nitrogens is 1. The first-order valence-electron chi connectivity index (χ1n) is 4.81. The van der Waals surface area contributed by atoms with Crippen molar-refractivity contribution < 1.29 is 22.7 Å². The summed E-state index contributed by atoms with van der Waals surface area (Å²) in [6.07, 6.45) is -3.56. The summed E-state index contributed by atoms with van der Waals surface area (Å²) in [5.74, 6) is -2.03. The van der Waals surface area contributed by atoms with Crippen LogP contribution < -0.4 is 5.43 Å². The average Bonchev–Trinajstić information content (AvgIpc) is 2.23. The third-order valence-electron chi connectivity index (χ3n) is 1.96. The number of hydrogen-bond acceptors (Lipinski definition) is 3. The Morgan fingerprint density at radius 2 is 2.18 bits per heavy atom. The van der Waals surface area contributed by atoms with Crippen molar-refractivity contribution in [2.24, 2.45) is 0 Å². The minimum absolute atomic E-state index is 0.0907. The van der Waals surface area contributed by atoms with Gasteiger partial charge in [0.05, 0.1) is 24.3 Å². The number of hydrogen-bond donors (Lipinski definition) is 1. The zero-order chi connectivity index (χ0) is 13.0. The number of carbonyl (C=O) groups excluding carboxylic acids is 1. The van der Waals surface area contributed by atoms with Crippen molar-refractivity contribution in [1.29, 1.82) is 0 Å². The van der Waals surface area contributed by atoms with E-state index in [9.17, 15) is 22.8 Å². The lowest BCUT2D eigenvalue weighted by Gasteiger charge is -2.05. The van der Waals surface area contributed by atoms with Gasteiger partial charge >= 0.3 is 5.97 Å². The van der Waals surface area contributed by atoms with E-state index in [0.717, 1.165) is 0 Å². The Labute approximate surface area is 94.4 Å². The summed E-state index contributed by atoms with van der Waals surface area (Å²) in [6.45, 7) is 1.64. The summed E-state index contributed by atoms with van der Waals surface area (Å²) >= 11 is 0. The molecule has 1 heterocycles. The smallest absolute Gasteiger partial charge is 0.310 e. The lowest BCUT2D eigenvalue weighted by molar-refractivity contribution is -0.142. The van der Waals surface area contributed by atoms with Crippen LogP contribution in [0.4, 0.5) is 13.2 Å². The van der Waals surface area contributed by atoms with E-state index in [4.69, 9.17) is 0 Å². The van der Waals surface area contributed by atoms with E-state index in [1.165, 1.54) is 0 Å². The van der Waals surface area contributed by atoms with Crippen LogP contribution in [-0.2, 0) is 16.0 Å². The molecular weight excluding hydrogens is 239 g/mol. The van der Waals surface area contributed by atoms with E-state index in [-0.39, 0.29) is 6.61 Å². The highest BCUT2D eigenvalue weighted by Gasteiger charge is 2.17. The van der Waals surface area contributed by atoms with Gasteiger partial charge in [0, 0.05) is 6.07 Å². The Morgan fingerprint density at radius 3 is 2.65 bits per heavy atom. The molecule has 0 radical (unpaired) electrons. The van der Waals surface area contributed by atoms with Gasteiger partial charge < -0.3 is 9.72 Å². The van der Waals surface area contributed by atoms with Crippen LogP contribution in [0.1, 0.15) is 24.6 Å². The summed E-state index contributed by atoms with van der Waals surface area (Å²) in [5, 5.41) is 0. The molecule has 0 fully saturated rings. The van der Waals surface area contributed by atoms with Gasteiger partial charge in [0.2, 0.25) is 0 Å². The van der Waals surface area contributed by atoms with E-state index in [1.807, 2.05) is 0 Å². The maximum absolute atomic E-state index is 13.3. The van der Waals surface area contributed by atoms with Crippen molar-refractivity contribution in [3.8, 4) is 0 Å². The second-order valence-electron chi connectivity index (χ2n) is 3.16. The second-order valence-corrected chi connectivity index (χ2v) is 3.16. The van der Waals surface area contributed by atoms with Gasteiger partial charge in [-0.05, 0) is 6.92 Å². The number of ether oxygens (including phenoxy) is 1. The zero-order valence-corrected chi connectivity index (χ0v) is 8.93. The number of aromatic nitrogens is 1. The molecule has 0 aliphatic rings. The topological polar surface area (TPSA) is 59.2 Å². The van der Waals surface area contributed by atoms with E-state index < -0.39 is 41.4 Å². The maximum atomic E-state index is 13.3. The van der Waals surface area contributed by atoms with Crippen LogP contribution in [0.3, 0.4) is 0 Å². The lowest BCUT2D eigenvalue weighted by atomic mass is 10.2. The Kier molecular flexibility index (Phi) is 4.30. The first kappa shape index (κ1) is 13.3. The Hall–Kier alpha value is -1.79. The molecule has 0 unspecified atom stereocenters. The van der Waals surface area contributed by atoms with Gasteiger partial charge in [0.15, 0.2) is 11.4 Å². The fourth-order valence-corrected chi connectivity index (χ4v) is 1.21. The van der Waals surface area contributed by atoms with Gasteiger partial charge in [-0.25, -0.2) is 8.78 Å². The maximum Gasteiger partial charge on any atom is 0.310 e. The molecule has 1 rings (SSSR count). The SMILES string of the molecule is CCOC(=O)Cc1c(F)[nH]c(C(F)F)cc1=O. The van der Waals surface area contributed by atoms with Gasteiger partial charge in [-0.15, -0.1) is 0 Å². The lowest BCUT2D eigenvalue weighted by Crippen LogP contribution is -2.19. The number of aromatic amines is 1. The van der Waals surface area contributed by atoms with Crippen molar-refractivity contribution in [3.05, 3.63) is 33.5 Å². The molecule has 0 bridgehead atoms. The first-order chi connectivity index (χ1) is 7.95.